The highest BCUT2D eigenvalue weighted by atomic mass is 16.6. The fourth-order valence-corrected chi connectivity index (χ4v) is 2.95. The third-order valence-corrected chi connectivity index (χ3v) is 4.27. The number of imide groups is 1. The van der Waals surface area contributed by atoms with Gasteiger partial charge in [-0.25, -0.2) is 0 Å². The topological polar surface area (TPSA) is 103 Å². The van der Waals surface area contributed by atoms with Gasteiger partial charge < -0.3 is 4.74 Å². The average Bonchev–Trinajstić information content (AvgIpc) is 2.93. The minimum absolute atomic E-state index is 0.104. The average molecular weight is 375 g/mol. The number of ether oxygens (including phenoxy) is 1. The smallest absolute Gasteiger partial charge is 0.273 e. The molecule has 0 aliphatic carbocycles. The highest BCUT2D eigenvalue weighted by Crippen LogP contribution is 2.31. The zero-order valence-electron chi connectivity index (χ0n) is 14.4. The van der Waals surface area contributed by atoms with Crippen LogP contribution in [0, 0.1) is 10.1 Å². The molecule has 0 radical (unpaired) electrons. The summed E-state index contributed by atoms with van der Waals surface area (Å²) in [4.78, 5) is 40.8. The second kappa shape index (κ2) is 6.92. The molecule has 8 nitrogen and oxygen atoms in total. The lowest BCUT2D eigenvalue weighted by Gasteiger charge is -2.13. The van der Waals surface area contributed by atoms with Crippen LogP contribution in [0.25, 0.3) is 0 Å². The van der Waals surface area contributed by atoms with E-state index in [1.165, 1.54) is 30.3 Å². The van der Waals surface area contributed by atoms with Gasteiger partial charge >= 0.3 is 0 Å². The number of carbonyl (C=O) groups is 2. The Hall–Kier alpha value is -4.07. The van der Waals surface area contributed by atoms with E-state index in [0.717, 1.165) is 10.5 Å². The number of benzene rings is 2. The van der Waals surface area contributed by atoms with Crippen LogP contribution < -0.4 is 4.74 Å². The van der Waals surface area contributed by atoms with Crippen LogP contribution >= 0.6 is 0 Å². The van der Waals surface area contributed by atoms with Crippen LogP contribution in [-0.4, -0.2) is 26.6 Å². The van der Waals surface area contributed by atoms with Crippen molar-refractivity contribution in [1.29, 1.82) is 0 Å². The minimum atomic E-state index is -0.520. The standard InChI is InChI=1S/C20H13N3O5/c24-19-17-7-6-16(28-15-5-1-4-14(9-15)23(26)27)10-18(17)20(25)22(19)12-13-3-2-8-21-11-13/h1-11H,12H2. The van der Waals surface area contributed by atoms with Gasteiger partial charge in [0.05, 0.1) is 28.7 Å². The van der Waals surface area contributed by atoms with Gasteiger partial charge in [0.2, 0.25) is 0 Å². The van der Waals surface area contributed by atoms with E-state index in [4.69, 9.17) is 4.74 Å². The highest BCUT2D eigenvalue weighted by molar-refractivity contribution is 6.21. The van der Waals surface area contributed by atoms with Gasteiger partial charge in [0.25, 0.3) is 17.5 Å². The third kappa shape index (κ3) is 3.18. The number of carbonyl (C=O) groups excluding carboxylic acids is 2. The third-order valence-electron chi connectivity index (χ3n) is 4.27. The largest absolute Gasteiger partial charge is 0.457 e. The summed E-state index contributed by atoms with van der Waals surface area (Å²) in [5, 5.41) is 10.9. The first-order chi connectivity index (χ1) is 13.5. The monoisotopic (exact) mass is 375 g/mol. The lowest BCUT2D eigenvalue weighted by Crippen LogP contribution is -2.29. The summed E-state index contributed by atoms with van der Waals surface area (Å²) in [6.45, 7) is 0.126. The van der Waals surface area contributed by atoms with E-state index in [1.54, 1.807) is 36.7 Å². The van der Waals surface area contributed by atoms with Crippen LogP contribution in [0.3, 0.4) is 0 Å². The van der Waals surface area contributed by atoms with E-state index in [1.807, 2.05) is 0 Å². The van der Waals surface area contributed by atoms with Crippen molar-refractivity contribution in [2.75, 3.05) is 0 Å². The molecule has 0 spiro atoms. The summed E-state index contributed by atoms with van der Waals surface area (Å²) in [6.07, 6.45) is 3.21. The summed E-state index contributed by atoms with van der Waals surface area (Å²) in [5.74, 6) is -0.235. The molecule has 1 aliphatic heterocycles. The van der Waals surface area contributed by atoms with Crippen LogP contribution in [0.2, 0.25) is 0 Å². The molecule has 4 rings (SSSR count). The predicted molar refractivity (Wildman–Crippen MR) is 98.1 cm³/mol. The van der Waals surface area contributed by atoms with Crippen LogP contribution in [-0.2, 0) is 6.54 Å². The molecule has 0 N–H and O–H groups in total. The van der Waals surface area contributed by atoms with Gasteiger partial charge in [0.15, 0.2) is 0 Å². The molecule has 0 atom stereocenters. The van der Waals surface area contributed by atoms with E-state index in [0.29, 0.717) is 11.3 Å². The Balaban J connectivity index is 1.58. The van der Waals surface area contributed by atoms with Gasteiger partial charge in [0, 0.05) is 18.5 Å². The molecule has 28 heavy (non-hydrogen) atoms. The van der Waals surface area contributed by atoms with Crippen LogP contribution in [0.5, 0.6) is 11.5 Å². The zero-order valence-corrected chi connectivity index (χ0v) is 14.4. The maximum absolute atomic E-state index is 12.7. The number of non-ortho nitro benzene ring substituents is 1. The Morgan fingerprint density at radius 2 is 1.75 bits per heavy atom. The minimum Gasteiger partial charge on any atom is -0.457 e. The van der Waals surface area contributed by atoms with Crippen molar-refractivity contribution in [3.8, 4) is 11.5 Å². The van der Waals surface area contributed by atoms with Gasteiger partial charge in [-0.2, -0.15) is 0 Å². The molecule has 0 unspecified atom stereocenters. The number of aromatic nitrogens is 1. The van der Waals surface area contributed by atoms with Crippen LogP contribution in [0.1, 0.15) is 26.3 Å². The van der Waals surface area contributed by atoms with Gasteiger partial charge in [-0.05, 0) is 35.9 Å². The normalized spacial score (nSPS) is 12.8. The molecule has 138 valence electrons. The summed E-state index contributed by atoms with van der Waals surface area (Å²) in [7, 11) is 0. The Labute approximate surface area is 159 Å². The first kappa shape index (κ1) is 17.3. The van der Waals surface area contributed by atoms with E-state index < -0.39 is 10.8 Å². The van der Waals surface area contributed by atoms with E-state index in [9.17, 15) is 19.7 Å². The zero-order chi connectivity index (χ0) is 19.7. The Kier molecular flexibility index (Phi) is 4.29. The Morgan fingerprint density at radius 1 is 0.964 bits per heavy atom. The summed E-state index contributed by atoms with van der Waals surface area (Å²) in [5.41, 5.74) is 1.16. The van der Waals surface area contributed by atoms with E-state index >= 15 is 0 Å². The number of hydrogen-bond donors (Lipinski definition) is 0. The van der Waals surface area contributed by atoms with Gasteiger partial charge in [0.1, 0.15) is 11.5 Å². The summed E-state index contributed by atoms with van der Waals surface area (Å²) in [6, 6.07) is 13.8. The summed E-state index contributed by atoms with van der Waals surface area (Å²) >= 11 is 0. The van der Waals surface area contributed by atoms with Gasteiger partial charge in [-0.1, -0.05) is 12.1 Å². The fourth-order valence-electron chi connectivity index (χ4n) is 2.95. The second-order valence-corrected chi connectivity index (χ2v) is 6.12. The molecule has 2 aromatic carbocycles. The lowest BCUT2D eigenvalue weighted by atomic mass is 10.1. The van der Waals surface area contributed by atoms with Crippen LogP contribution in [0.15, 0.2) is 67.0 Å². The number of nitrogens with zero attached hydrogens (tertiary/aromatic N) is 3. The first-order valence-corrected chi connectivity index (χ1v) is 8.34. The number of fused-ring (bicyclic) bond motifs is 1. The molecule has 1 aromatic heterocycles. The Bertz CT molecular complexity index is 1100. The van der Waals surface area contributed by atoms with Crippen molar-refractivity contribution >= 4 is 17.5 Å². The molecule has 0 saturated heterocycles. The molecule has 0 saturated carbocycles. The quantitative estimate of drug-likeness (QED) is 0.384. The van der Waals surface area contributed by atoms with Crippen molar-refractivity contribution in [2.45, 2.75) is 6.54 Å². The highest BCUT2D eigenvalue weighted by Gasteiger charge is 2.35. The molecule has 3 aromatic rings. The summed E-state index contributed by atoms with van der Waals surface area (Å²) < 4.78 is 5.64. The molecule has 1 aliphatic rings. The van der Waals surface area contributed by atoms with Gasteiger partial charge in [-0.3, -0.25) is 29.6 Å². The van der Waals surface area contributed by atoms with Crippen LogP contribution in [0.4, 0.5) is 5.69 Å². The van der Waals surface area contributed by atoms with E-state index in [-0.39, 0.29) is 29.5 Å². The fraction of sp³-hybridized carbons (Fsp3) is 0.0500. The second-order valence-electron chi connectivity index (χ2n) is 6.12. The lowest BCUT2D eigenvalue weighted by molar-refractivity contribution is -0.384. The van der Waals surface area contributed by atoms with Crippen molar-refractivity contribution in [1.82, 2.24) is 9.88 Å². The number of rotatable bonds is 5. The number of nitro groups is 1. The van der Waals surface area contributed by atoms with Crippen molar-refractivity contribution in [3.63, 3.8) is 0 Å². The molecule has 0 fully saturated rings. The number of nitro benzene ring substituents is 1. The number of amides is 2. The molecular formula is C20H13N3O5. The predicted octanol–water partition coefficient (Wildman–Crippen LogP) is 3.58. The molecule has 2 amide bonds. The maximum Gasteiger partial charge on any atom is 0.273 e. The van der Waals surface area contributed by atoms with Gasteiger partial charge in [-0.15, -0.1) is 0 Å². The number of hydrogen-bond acceptors (Lipinski definition) is 6. The van der Waals surface area contributed by atoms with Crippen molar-refractivity contribution in [3.05, 3.63) is 93.8 Å². The van der Waals surface area contributed by atoms with Crippen molar-refractivity contribution < 1.29 is 19.2 Å². The number of pyridine rings is 1. The molecule has 0 bridgehead atoms. The van der Waals surface area contributed by atoms with E-state index in [2.05, 4.69) is 4.98 Å². The molecule has 2 heterocycles. The molecule has 8 heteroatoms. The Morgan fingerprint density at radius 3 is 2.50 bits per heavy atom. The van der Waals surface area contributed by atoms with Crippen molar-refractivity contribution in [2.24, 2.45) is 0 Å². The molecular weight excluding hydrogens is 362 g/mol. The SMILES string of the molecule is O=C1c2ccc(Oc3cccc([N+](=O)[O-])c3)cc2C(=O)N1Cc1cccnc1. The maximum atomic E-state index is 12.7. The first-order valence-electron chi connectivity index (χ1n) is 8.34.